The largest absolute Gasteiger partial charge is 0.573 e. The number of benzene rings is 2. The van der Waals surface area contributed by atoms with Crippen LogP contribution in [0.3, 0.4) is 0 Å². The van der Waals surface area contributed by atoms with Gasteiger partial charge in [0.15, 0.2) is 21.3 Å². The molecule has 0 atom stereocenters. The lowest BCUT2D eigenvalue weighted by Gasteiger charge is -2.13. The van der Waals surface area contributed by atoms with Crippen molar-refractivity contribution >= 4 is 21.4 Å². The molecule has 0 aliphatic carbocycles. The number of hydrogen-bond donors (Lipinski definition) is 1. The Kier molecular flexibility index (Phi) is 5.64. The van der Waals surface area contributed by atoms with Crippen molar-refractivity contribution in [1.29, 1.82) is 0 Å². The van der Waals surface area contributed by atoms with Gasteiger partial charge >= 0.3 is 6.36 Å². The summed E-state index contributed by atoms with van der Waals surface area (Å²) in [7, 11) is -3.68. The summed E-state index contributed by atoms with van der Waals surface area (Å²) >= 11 is 0. The fraction of sp³-hybridized carbons (Fsp3) is 0.105. The molecule has 0 aliphatic heterocycles. The lowest BCUT2D eigenvalue weighted by Crippen LogP contribution is -2.19. The number of sulfone groups is 1. The molecule has 10 heteroatoms. The highest BCUT2D eigenvalue weighted by molar-refractivity contribution is 7.90. The summed E-state index contributed by atoms with van der Waals surface area (Å²) in [6.45, 7) is 0. The van der Waals surface area contributed by atoms with Crippen LogP contribution in [0.2, 0.25) is 0 Å². The van der Waals surface area contributed by atoms with Gasteiger partial charge in [-0.15, -0.1) is 13.2 Å². The zero-order chi connectivity index (χ0) is 21.1. The molecular weight excluding hydrogens is 411 g/mol. The Morgan fingerprint density at radius 3 is 2.31 bits per heavy atom. The van der Waals surface area contributed by atoms with E-state index in [1.807, 2.05) is 0 Å². The average Bonchev–Trinajstić information content (AvgIpc) is 3.11. The van der Waals surface area contributed by atoms with Crippen molar-refractivity contribution in [2.75, 3.05) is 5.32 Å². The quantitative estimate of drug-likeness (QED) is 0.633. The molecule has 1 heterocycles. The van der Waals surface area contributed by atoms with Gasteiger partial charge in [-0.2, -0.15) is 0 Å². The van der Waals surface area contributed by atoms with E-state index in [9.17, 15) is 26.4 Å². The number of anilines is 1. The van der Waals surface area contributed by atoms with Crippen LogP contribution in [-0.4, -0.2) is 20.7 Å². The third-order valence-electron chi connectivity index (χ3n) is 3.68. The maximum Gasteiger partial charge on any atom is 0.573 e. The molecule has 29 heavy (non-hydrogen) atoms. The Morgan fingerprint density at radius 1 is 0.966 bits per heavy atom. The fourth-order valence-electron chi connectivity index (χ4n) is 2.44. The number of para-hydroxylation sites is 2. The molecule has 0 saturated carbocycles. The molecule has 0 bridgehead atoms. The number of carbonyl (C=O) groups excluding carboxylic acids is 1. The molecule has 3 aromatic rings. The van der Waals surface area contributed by atoms with Crippen molar-refractivity contribution in [3.63, 3.8) is 0 Å². The number of rotatable bonds is 6. The minimum Gasteiger partial charge on any atom is -0.455 e. The third-order valence-corrected chi connectivity index (χ3v) is 5.34. The summed E-state index contributed by atoms with van der Waals surface area (Å²) in [5, 5.41) is 2.25. The predicted octanol–water partition coefficient (Wildman–Crippen LogP) is 4.40. The Labute approximate surface area is 163 Å². The van der Waals surface area contributed by atoms with E-state index in [0.717, 1.165) is 6.07 Å². The van der Waals surface area contributed by atoms with Gasteiger partial charge in [0.1, 0.15) is 11.5 Å². The Balaban J connectivity index is 1.74. The molecule has 1 aromatic heterocycles. The molecular formula is C19H14F3NO5S. The number of alkyl halides is 3. The van der Waals surface area contributed by atoms with E-state index in [1.54, 1.807) is 18.2 Å². The Morgan fingerprint density at radius 2 is 1.62 bits per heavy atom. The standard InChI is InChI=1S/C19H14F3NO5S/c20-19(21,22)28-16-9-5-4-8-15(16)23-18(24)17-11-10-13(27-17)12-29(25,26)14-6-2-1-3-7-14/h1-11H,12H2,(H,23,24). The van der Waals surface area contributed by atoms with Gasteiger partial charge in [0.2, 0.25) is 0 Å². The molecule has 2 aromatic carbocycles. The van der Waals surface area contributed by atoms with Crippen LogP contribution in [0.15, 0.2) is 76.0 Å². The van der Waals surface area contributed by atoms with E-state index in [-0.39, 0.29) is 22.1 Å². The first-order chi connectivity index (χ1) is 13.6. The molecule has 0 aliphatic rings. The van der Waals surface area contributed by atoms with Crippen LogP contribution in [-0.2, 0) is 15.6 Å². The SMILES string of the molecule is O=C(Nc1ccccc1OC(F)(F)F)c1ccc(CS(=O)(=O)c2ccccc2)o1. The van der Waals surface area contributed by atoms with Crippen molar-refractivity contribution in [2.45, 2.75) is 17.0 Å². The molecule has 0 fully saturated rings. The van der Waals surface area contributed by atoms with E-state index in [0.29, 0.717) is 0 Å². The van der Waals surface area contributed by atoms with Gasteiger partial charge in [-0.25, -0.2) is 8.42 Å². The van der Waals surface area contributed by atoms with Crippen molar-refractivity contribution in [3.05, 3.63) is 78.3 Å². The van der Waals surface area contributed by atoms with Gasteiger partial charge in [-0.1, -0.05) is 30.3 Å². The topological polar surface area (TPSA) is 85.6 Å². The zero-order valence-corrected chi connectivity index (χ0v) is 15.5. The summed E-state index contributed by atoms with van der Waals surface area (Å²) in [5.74, 6) is -2.17. The molecule has 0 saturated heterocycles. The molecule has 3 rings (SSSR count). The minimum atomic E-state index is -4.93. The van der Waals surface area contributed by atoms with Gasteiger partial charge in [0.25, 0.3) is 5.91 Å². The number of hydrogen-bond acceptors (Lipinski definition) is 5. The number of carbonyl (C=O) groups is 1. The van der Waals surface area contributed by atoms with Gasteiger partial charge in [-0.3, -0.25) is 4.79 Å². The minimum absolute atomic E-state index is 0.0128. The highest BCUT2D eigenvalue weighted by Gasteiger charge is 2.32. The number of amides is 1. The molecule has 1 amide bonds. The Hall–Kier alpha value is -3.27. The van der Waals surface area contributed by atoms with Crippen LogP contribution in [0.25, 0.3) is 0 Å². The van der Waals surface area contributed by atoms with Gasteiger partial charge < -0.3 is 14.5 Å². The molecule has 0 unspecified atom stereocenters. The van der Waals surface area contributed by atoms with Gasteiger partial charge in [0.05, 0.1) is 10.6 Å². The summed E-state index contributed by atoms with van der Waals surface area (Å²) in [5.41, 5.74) is -0.218. The van der Waals surface area contributed by atoms with Crippen molar-refractivity contribution < 1.29 is 35.5 Å². The van der Waals surface area contributed by atoms with E-state index < -0.39 is 33.6 Å². The number of halogens is 3. The number of ether oxygens (including phenoxy) is 1. The molecule has 0 radical (unpaired) electrons. The van der Waals surface area contributed by atoms with E-state index >= 15 is 0 Å². The van der Waals surface area contributed by atoms with Crippen LogP contribution in [0.1, 0.15) is 16.3 Å². The molecule has 6 nitrogen and oxygen atoms in total. The summed E-state index contributed by atoms with van der Waals surface area (Å²) in [6.07, 6.45) is -4.93. The fourth-order valence-corrected chi connectivity index (χ4v) is 3.71. The van der Waals surface area contributed by atoms with Gasteiger partial charge in [-0.05, 0) is 36.4 Å². The smallest absolute Gasteiger partial charge is 0.455 e. The number of nitrogens with one attached hydrogen (secondary N) is 1. The third kappa shape index (κ3) is 5.38. The van der Waals surface area contributed by atoms with Crippen LogP contribution >= 0.6 is 0 Å². The van der Waals surface area contributed by atoms with Crippen LogP contribution in [0.5, 0.6) is 5.75 Å². The van der Waals surface area contributed by atoms with Crippen molar-refractivity contribution in [1.82, 2.24) is 0 Å². The highest BCUT2D eigenvalue weighted by atomic mass is 32.2. The first-order valence-corrected chi connectivity index (χ1v) is 9.82. The maximum absolute atomic E-state index is 12.5. The maximum atomic E-state index is 12.5. The molecule has 1 N–H and O–H groups in total. The van der Waals surface area contributed by atoms with E-state index in [2.05, 4.69) is 10.1 Å². The monoisotopic (exact) mass is 425 g/mol. The summed E-state index contributed by atoms with van der Waals surface area (Å²) in [6, 6.07) is 15.2. The predicted molar refractivity (Wildman–Crippen MR) is 97.1 cm³/mol. The van der Waals surface area contributed by atoms with Crippen LogP contribution in [0, 0.1) is 0 Å². The summed E-state index contributed by atoms with van der Waals surface area (Å²) < 4.78 is 71.3. The van der Waals surface area contributed by atoms with E-state index in [1.165, 1.54) is 42.5 Å². The van der Waals surface area contributed by atoms with Crippen molar-refractivity contribution in [2.24, 2.45) is 0 Å². The first kappa shape index (κ1) is 20.5. The van der Waals surface area contributed by atoms with Gasteiger partial charge in [0, 0.05) is 0 Å². The average molecular weight is 425 g/mol. The lowest BCUT2D eigenvalue weighted by atomic mass is 10.3. The molecule has 0 spiro atoms. The van der Waals surface area contributed by atoms with Crippen LogP contribution in [0.4, 0.5) is 18.9 Å². The Bertz CT molecular complexity index is 1110. The highest BCUT2D eigenvalue weighted by Crippen LogP contribution is 2.30. The van der Waals surface area contributed by atoms with E-state index in [4.69, 9.17) is 4.42 Å². The normalized spacial score (nSPS) is 11.8. The second kappa shape index (κ2) is 8.00. The first-order valence-electron chi connectivity index (χ1n) is 8.17. The second-order valence-corrected chi connectivity index (χ2v) is 7.83. The second-order valence-electron chi connectivity index (χ2n) is 5.84. The van der Waals surface area contributed by atoms with Crippen molar-refractivity contribution in [3.8, 4) is 5.75 Å². The number of furan rings is 1. The molecule has 152 valence electrons. The van der Waals surface area contributed by atoms with Crippen LogP contribution < -0.4 is 10.1 Å². The lowest BCUT2D eigenvalue weighted by molar-refractivity contribution is -0.274. The zero-order valence-electron chi connectivity index (χ0n) is 14.6. The summed E-state index contributed by atoms with van der Waals surface area (Å²) in [4.78, 5) is 12.4.